The van der Waals surface area contributed by atoms with Crippen molar-refractivity contribution in [3.8, 4) is 0 Å². The van der Waals surface area contributed by atoms with Gasteiger partial charge in [0.1, 0.15) is 0 Å². The van der Waals surface area contributed by atoms with Gasteiger partial charge in [-0.1, -0.05) is 25.0 Å². The zero-order chi connectivity index (χ0) is 14.1. The summed E-state index contributed by atoms with van der Waals surface area (Å²) in [6.07, 6.45) is 10.7. The molecular formula is C16H23NO3. The topological polar surface area (TPSA) is 66.4 Å². The summed E-state index contributed by atoms with van der Waals surface area (Å²) < 4.78 is 0. The van der Waals surface area contributed by atoms with Crippen molar-refractivity contribution >= 4 is 11.9 Å². The van der Waals surface area contributed by atoms with Gasteiger partial charge in [-0.15, -0.1) is 0 Å². The highest BCUT2D eigenvalue weighted by atomic mass is 16.4. The summed E-state index contributed by atoms with van der Waals surface area (Å²) in [4.78, 5) is 23.5. The minimum absolute atomic E-state index is 0.0612. The van der Waals surface area contributed by atoms with Crippen LogP contribution in [0.5, 0.6) is 0 Å². The maximum Gasteiger partial charge on any atom is 0.308 e. The lowest BCUT2D eigenvalue weighted by Crippen LogP contribution is -2.42. The molecule has 0 aromatic heterocycles. The Morgan fingerprint density at radius 2 is 2.00 bits per heavy atom. The number of rotatable bonds is 6. The summed E-state index contributed by atoms with van der Waals surface area (Å²) in [7, 11) is 0. The van der Waals surface area contributed by atoms with Gasteiger partial charge in [-0.3, -0.25) is 9.59 Å². The predicted molar refractivity (Wildman–Crippen MR) is 74.9 cm³/mol. The van der Waals surface area contributed by atoms with Crippen molar-refractivity contribution in [3.05, 3.63) is 12.2 Å². The molecule has 1 unspecified atom stereocenters. The van der Waals surface area contributed by atoms with Crippen LogP contribution in [0.1, 0.15) is 38.5 Å². The number of carbonyl (C=O) groups excluding carboxylic acids is 1. The van der Waals surface area contributed by atoms with Crippen LogP contribution in [-0.4, -0.2) is 23.5 Å². The molecule has 4 nitrogen and oxygen atoms in total. The molecule has 110 valence electrons. The number of amides is 1. The number of aliphatic carboxylic acids is 1. The van der Waals surface area contributed by atoms with E-state index in [1.807, 2.05) is 0 Å². The van der Waals surface area contributed by atoms with Crippen molar-refractivity contribution in [1.29, 1.82) is 0 Å². The van der Waals surface area contributed by atoms with E-state index in [-0.39, 0.29) is 11.8 Å². The second kappa shape index (κ2) is 5.58. The average Bonchev–Trinajstić information content (AvgIpc) is 3.28. The summed E-state index contributed by atoms with van der Waals surface area (Å²) in [6.45, 7) is 0.294. The summed E-state index contributed by atoms with van der Waals surface area (Å²) in [6, 6.07) is 0. The van der Waals surface area contributed by atoms with Gasteiger partial charge in [-0.25, -0.2) is 0 Å². The number of carboxylic acid groups (broad SMARTS) is 1. The molecule has 2 N–H and O–H groups in total. The van der Waals surface area contributed by atoms with Crippen molar-refractivity contribution in [3.63, 3.8) is 0 Å². The van der Waals surface area contributed by atoms with E-state index in [1.165, 1.54) is 6.42 Å². The van der Waals surface area contributed by atoms with Crippen molar-refractivity contribution in [2.45, 2.75) is 38.5 Å². The lowest BCUT2D eigenvalue weighted by atomic mass is 9.69. The summed E-state index contributed by atoms with van der Waals surface area (Å²) in [5.41, 5.74) is 0. The molecular weight excluding hydrogens is 254 g/mol. The minimum Gasteiger partial charge on any atom is -0.481 e. The van der Waals surface area contributed by atoms with Crippen LogP contribution in [0, 0.1) is 29.6 Å². The summed E-state index contributed by atoms with van der Waals surface area (Å²) in [5.74, 6) is 0.427. The first-order valence-electron chi connectivity index (χ1n) is 7.82. The molecule has 20 heavy (non-hydrogen) atoms. The first-order chi connectivity index (χ1) is 9.63. The zero-order valence-electron chi connectivity index (χ0n) is 11.8. The molecule has 0 spiro atoms. The van der Waals surface area contributed by atoms with Crippen LogP contribution in [0.25, 0.3) is 0 Å². The first kappa shape index (κ1) is 13.7. The summed E-state index contributed by atoms with van der Waals surface area (Å²) in [5, 5.41) is 12.1. The predicted octanol–water partition coefficient (Wildman–Crippen LogP) is 2.21. The Balaban J connectivity index is 1.50. The van der Waals surface area contributed by atoms with Crippen LogP contribution in [0.15, 0.2) is 12.2 Å². The lowest BCUT2D eigenvalue weighted by Gasteiger charge is -2.37. The van der Waals surface area contributed by atoms with Gasteiger partial charge in [-0.05, 0) is 43.4 Å². The minimum atomic E-state index is -0.776. The fraction of sp³-hybridized carbons (Fsp3) is 0.750. The molecule has 0 heterocycles. The van der Waals surface area contributed by atoms with Crippen molar-refractivity contribution in [2.75, 3.05) is 6.54 Å². The molecule has 0 aliphatic heterocycles. The monoisotopic (exact) mass is 277 g/mol. The smallest absolute Gasteiger partial charge is 0.308 e. The molecule has 2 fully saturated rings. The standard InChI is InChI=1S/C16H23NO3/c18-15(14-8-11-3-5-12(14)6-4-11)17-9-13(16(19)20)7-10-1-2-10/h3,5,10-14H,1-2,4,6-9H2,(H,17,18)(H,19,20)/t11-,12+,13?,14-/m1/s1. The van der Waals surface area contributed by atoms with Crippen molar-refractivity contribution in [1.82, 2.24) is 5.32 Å². The van der Waals surface area contributed by atoms with Crippen LogP contribution < -0.4 is 5.32 Å². The van der Waals surface area contributed by atoms with E-state index in [9.17, 15) is 14.7 Å². The van der Waals surface area contributed by atoms with E-state index in [0.717, 1.165) is 25.7 Å². The van der Waals surface area contributed by atoms with E-state index >= 15 is 0 Å². The maximum absolute atomic E-state index is 12.3. The highest BCUT2D eigenvalue weighted by Gasteiger charge is 2.37. The largest absolute Gasteiger partial charge is 0.481 e. The quantitative estimate of drug-likeness (QED) is 0.731. The first-order valence-corrected chi connectivity index (χ1v) is 7.82. The zero-order valence-corrected chi connectivity index (χ0v) is 11.8. The van der Waals surface area contributed by atoms with Gasteiger partial charge >= 0.3 is 5.97 Å². The fourth-order valence-corrected chi connectivity index (χ4v) is 3.62. The lowest BCUT2D eigenvalue weighted by molar-refractivity contribution is -0.142. The number of hydrogen-bond acceptors (Lipinski definition) is 2. The van der Waals surface area contributed by atoms with Crippen molar-refractivity contribution in [2.24, 2.45) is 29.6 Å². The molecule has 4 rings (SSSR count). The number of fused-ring (bicyclic) bond motifs is 2. The van der Waals surface area contributed by atoms with Crippen LogP contribution in [0.4, 0.5) is 0 Å². The van der Waals surface area contributed by atoms with E-state index in [1.54, 1.807) is 0 Å². The maximum atomic E-state index is 12.3. The molecule has 4 heteroatoms. The van der Waals surface area contributed by atoms with Crippen LogP contribution in [-0.2, 0) is 9.59 Å². The molecule has 0 aromatic rings. The van der Waals surface area contributed by atoms with E-state index in [4.69, 9.17) is 0 Å². The highest BCUT2D eigenvalue weighted by molar-refractivity contribution is 5.80. The van der Waals surface area contributed by atoms with Gasteiger partial charge in [0.05, 0.1) is 5.92 Å². The third-order valence-corrected chi connectivity index (χ3v) is 5.10. The number of nitrogens with one attached hydrogen (secondary N) is 1. The number of carboxylic acids is 1. The van der Waals surface area contributed by atoms with Gasteiger partial charge < -0.3 is 10.4 Å². The van der Waals surface area contributed by atoms with Crippen molar-refractivity contribution < 1.29 is 14.7 Å². The Kier molecular flexibility index (Phi) is 3.81. The molecule has 0 aromatic carbocycles. The van der Waals surface area contributed by atoms with Gasteiger partial charge in [0, 0.05) is 12.5 Å². The Morgan fingerprint density at radius 1 is 1.20 bits per heavy atom. The van der Waals surface area contributed by atoms with Gasteiger partial charge in [-0.2, -0.15) is 0 Å². The van der Waals surface area contributed by atoms with Crippen LogP contribution in [0.2, 0.25) is 0 Å². The van der Waals surface area contributed by atoms with Gasteiger partial charge in [0.25, 0.3) is 0 Å². The summed E-state index contributed by atoms with van der Waals surface area (Å²) >= 11 is 0. The number of allylic oxidation sites excluding steroid dienone is 2. The molecule has 4 aliphatic rings. The number of carbonyl (C=O) groups is 2. The molecule has 0 saturated heterocycles. The third-order valence-electron chi connectivity index (χ3n) is 5.10. The van der Waals surface area contributed by atoms with E-state index in [0.29, 0.717) is 30.7 Å². The SMILES string of the molecule is O=C(O)C(CNC(=O)[C@@H]1C[C@@H]2C=C[C@H]1CC2)CC1CC1. The average molecular weight is 277 g/mol. The number of hydrogen-bond donors (Lipinski definition) is 2. The van der Waals surface area contributed by atoms with Gasteiger partial charge in [0.2, 0.25) is 5.91 Å². The second-order valence-electron chi connectivity index (χ2n) is 6.69. The highest BCUT2D eigenvalue weighted by Crippen LogP contribution is 2.40. The molecule has 2 bridgehead atoms. The second-order valence-corrected chi connectivity index (χ2v) is 6.69. The normalized spacial score (nSPS) is 32.9. The molecule has 2 saturated carbocycles. The Labute approximate surface area is 119 Å². The fourth-order valence-electron chi connectivity index (χ4n) is 3.62. The molecule has 0 radical (unpaired) electrons. The molecule has 4 aliphatic carbocycles. The van der Waals surface area contributed by atoms with Crippen LogP contribution >= 0.6 is 0 Å². The third kappa shape index (κ3) is 3.05. The Morgan fingerprint density at radius 3 is 2.50 bits per heavy atom. The molecule has 1 amide bonds. The Hall–Kier alpha value is -1.32. The van der Waals surface area contributed by atoms with E-state index in [2.05, 4.69) is 17.5 Å². The van der Waals surface area contributed by atoms with Gasteiger partial charge in [0.15, 0.2) is 0 Å². The molecule has 4 atom stereocenters. The van der Waals surface area contributed by atoms with Crippen LogP contribution in [0.3, 0.4) is 0 Å². The van der Waals surface area contributed by atoms with E-state index < -0.39 is 11.9 Å². The Bertz CT molecular complexity index is 427.